The molecule has 0 aliphatic carbocycles. The highest BCUT2D eigenvalue weighted by molar-refractivity contribution is 6.09. The van der Waals surface area contributed by atoms with E-state index in [0.29, 0.717) is 0 Å². The van der Waals surface area contributed by atoms with Crippen molar-refractivity contribution in [2.24, 2.45) is 0 Å². The number of carbonyl (C=O) groups excluding carboxylic acids is 1. The van der Waals surface area contributed by atoms with Gasteiger partial charge in [0.15, 0.2) is 0 Å². The van der Waals surface area contributed by atoms with Crippen molar-refractivity contribution in [3.63, 3.8) is 0 Å². The quantitative estimate of drug-likeness (QED) is 0.814. The summed E-state index contributed by atoms with van der Waals surface area (Å²) in [6, 6.07) is 15.8. The summed E-state index contributed by atoms with van der Waals surface area (Å²) >= 11 is 0. The normalized spacial score (nSPS) is 13.7. The molecule has 2 N–H and O–H groups in total. The number of hydrogen-bond acceptors (Lipinski definition) is 2. The molecule has 0 saturated heterocycles. The van der Waals surface area contributed by atoms with Crippen molar-refractivity contribution < 1.29 is 4.79 Å². The molecule has 1 heterocycles. The topological polar surface area (TPSA) is 41.1 Å². The second-order valence-corrected chi connectivity index (χ2v) is 4.59. The molecule has 94 valence electrons. The summed E-state index contributed by atoms with van der Waals surface area (Å²) in [7, 11) is 0. The van der Waals surface area contributed by atoms with Crippen LogP contribution in [0.1, 0.15) is 11.1 Å². The van der Waals surface area contributed by atoms with Crippen LogP contribution in [-0.4, -0.2) is 5.91 Å². The molecule has 0 unspecified atom stereocenters. The minimum atomic E-state index is -0.115. The molecule has 0 atom stereocenters. The van der Waals surface area contributed by atoms with Crippen LogP contribution in [0.4, 0.5) is 11.4 Å². The van der Waals surface area contributed by atoms with Crippen molar-refractivity contribution in [2.45, 2.75) is 6.92 Å². The van der Waals surface area contributed by atoms with Gasteiger partial charge in [-0.3, -0.25) is 4.79 Å². The molecule has 0 radical (unpaired) electrons. The Labute approximate surface area is 112 Å². The summed E-state index contributed by atoms with van der Waals surface area (Å²) in [5.74, 6) is -0.115. The summed E-state index contributed by atoms with van der Waals surface area (Å²) in [6.07, 6.45) is 1.59. The number of anilines is 2. The molecular formula is C16H14N2O. The van der Waals surface area contributed by atoms with Gasteiger partial charge >= 0.3 is 0 Å². The number of hydrogen-bond donors (Lipinski definition) is 2. The second-order valence-electron chi connectivity index (χ2n) is 4.59. The minimum absolute atomic E-state index is 0.115. The van der Waals surface area contributed by atoms with Gasteiger partial charge in [0.1, 0.15) is 0 Å². The van der Waals surface area contributed by atoms with Crippen molar-refractivity contribution >= 4 is 23.0 Å². The molecule has 3 rings (SSSR count). The van der Waals surface area contributed by atoms with Gasteiger partial charge in [-0.25, -0.2) is 0 Å². The van der Waals surface area contributed by atoms with Gasteiger partial charge in [-0.15, -0.1) is 0 Å². The fourth-order valence-electron chi connectivity index (χ4n) is 2.12. The van der Waals surface area contributed by atoms with E-state index in [1.54, 1.807) is 6.08 Å². The highest BCUT2D eigenvalue weighted by Crippen LogP contribution is 2.29. The van der Waals surface area contributed by atoms with Gasteiger partial charge in [0.05, 0.1) is 17.1 Å². The number of carbonyl (C=O) groups is 1. The Hall–Kier alpha value is -2.55. The lowest BCUT2D eigenvalue weighted by Gasteiger charge is -2.11. The van der Waals surface area contributed by atoms with Crippen molar-refractivity contribution in [3.05, 3.63) is 65.7 Å². The second kappa shape index (κ2) is 4.61. The van der Waals surface area contributed by atoms with Gasteiger partial charge in [0.2, 0.25) is 0 Å². The van der Waals surface area contributed by atoms with Crippen LogP contribution in [0.5, 0.6) is 0 Å². The van der Waals surface area contributed by atoms with Crippen LogP contribution in [-0.2, 0) is 4.79 Å². The van der Waals surface area contributed by atoms with Crippen LogP contribution in [0.3, 0.4) is 0 Å². The van der Waals surface area contributed by atoms with Crippen molar-refractivity contribution in [3.8, 4) is 0 Å². The van der Waals surface area contributed by atoms with Crippen LogP contribution < -0.4 is 10.6 Å². The molecule has 2 aromatic carbocycles. The van der Waals surface area contributed by atoms with E-state index < -0.39 is 0 Å². The molecule has 0 fully saturated rings. The zero-order valence-corrected chi connectivity index (χ0v) is 10.6. The number of amides is 1. The summed E-state index contributed by atoms with van der Waals surface area (Å²) in [5.41, 5.74) is 4.63. The molecule has 3 heteroatoms. The monoisotopic (exact) mass is 250 g/mol. The molecular weight excluding hydrogens is 236 g/mol. The van der Waals surface area contributed by atoms with Crippen molar-refractivity contribution in [1.82, 2.24) is 0 Å². The summed E-state index contributed by atoms with van der Waals surface area (Å²) < 4.78 is 0. The summed E-state index contributed by atoms with van der Waals surface area (Å²) in [6.45, 7) is 2.00. The summed E-state index contributed by atoms with van der Waals surface area (Å²) in [5, 5.41) is 6.20. The van der Waals surface area contributed by atoms with Crippen LogP contribution in [0.2, 0.25) is 0 Å². The molecule has 1 aliphatic rings. The van der Waals surface area contributed by atoms with Gasteiger partial charge in [-0.1, -0.05) is 36.4 Å². The first kappa shape index (κ1) is 11.5. The lowest BCUT2D eigenvalue weighted by molar-refractivity contribution is -0.111. The molecule has 0 spiro atoms. The van der Waals surface area contributed by atoms with Gasteiger partial charge in [-0.05, 0) is 30.2 Å². The van der Waals surface area contributed by atoms with Gasteiger partial charge < -0.3 is 10.6 Å². The van der Waals surface area contributed by atoms with E-state index in [1.165, 1.54) is 0 Å². The fourth-order valence-corrected chi connectivity index (χ4v) is 2.12. The molecule has 19 heavy (non-hydrogen) atoms. The van der Waals surface area contributed by atoms with Crippen LogP contribution >= 0.6 is 0 Å². The van der Waals surface area contributed by atoms with E-state index in [0.717, 1.165) is 28.2 Å². The first-order chi connectivity index (χ1) is 9.22. The molecule has 3 nitrogen and oxygen atoms in total. The highest BCUT2D eigenvalue weighted by atomic mass is 16.1. The van der Waals surface area contributed by atoms with Gasteiger partial charge in [0.25, 0.3) is 5.91 Å². The Morgan fingerprint density at radius 2 is 1.68 bits per heavy atom. The lowest BCUT2D eigenvalue weighted by atomic mass is 10.1. The Balaban J connectivity index is 2.05. The Morgan fingerprint density at radius 3 is 2.47 bits per heavy atom. The third kappa shape index (κ3) is 2.36. The van der Waals surface area contributed by atoms with Gasteiger partial charge in [-0.2, -0.15) is 0 Å². The van der Waals surface area contributed by atoms with E-state index in [1.807, 2.05) is 55.5 Å². The van der Waals surface area contributed by atoms with Crippen LogP contribution in [0.25, 0.3) is 5.70 Å². The molecule has 0 saturated carbocycles. The molecule has 2 aromatic rings. The Kier molecular flexibility index (Phi) is 2.80. The zero-order valence-electron chi connectivity index (χ0n) is 10.6. The van der Waals surface area contributed by atoms with Crippen molar-refractivity contribution in [1.29, 1.82) is 0 Å². The highest BCUT2D eigenvalue weighted by Gasteiger charge is 2.14. The zero-order chi connectivity index (χ0) is 13.2. The van der Waals surface area contributed by atoms with Crippen LogP contribution in [0.15, 0.2) is 54.6 Å². The van der Waals surface area contributed by atoms with E-state index in [2.05, 4.69) is 10.6 Å². The maximum atomic E-state index is 11.9. The molecule has 0 bridgehead atoms. The Morgan fingerprint density at radius 1 is 0.895 bits per heavy atom. The lowest BCUT2D eigenvalue weighted by Crippen LogP contribution is -2.06. The third-order valence-electron chi connectivity index (χ3n) is 3.06. The van der Waals surface area contributed by atoms with Crippen molar-refractivity contribution in [2.75, 3.05) is 10.6 Å². The van der Waals surface area contributed by atoms with Crippen LogP contribution in [0, 0.1) is 6.92 Å². The molecule has 1 amide bonds. The SMILES string of the molecule is Cc1ccc2c(c1)NC(=O)C=C(c1ccccc1)N2. The smallest absolute Gasteiger partial charge is 0.250 e. The number of benzene rings is 2. The largest absolute Gasteiger partial charge is 0.353 e. The third-order valence-corrected chi connectivity index (χ3v) is 3.06. The number of fused-ring (bicyclic) bond motifs is 1. The van der Waals surface area contributed by atoms with E-state index in [4.69, 9.17) is 0 Å². The number of rotatable bonds is 1. The van der Waals surface area contributed by atoms with E-state index in [9.17, 15) is 4.79 Å². The average Bonchev–Trinajstić information content (AvgIpc) is 2.57. The number of aryl methyl sites for hydroxylation is 1. The summed E-state index contributed by atoms with van der Waals surface area (Å²) in [4.78, 5) is 11.9. The predicted octanol–water partition coefficient (Wildman–Crippen LogP) is 3.40. The van der Waals surface area contributed by atoms with Gasteiger partial charge in [0, 0.05) is 6.08 Å². The molecule has 1 aliphatic heterocycles. The average molecular weight is 250 g/mol. The Bertz CT molecular complexity index is 660. The molecule has 0 aromatic heterocycles. The first-order valence-electron chi connectivity index (χ1n) is 6.18. The minimum Gasteiger partial charge on any atom is -0.353 e. The number of nitrogens with one attached hydrogen (secondary N) is 2. The first-order valence-corrected chi connectivity index (χ1v) is 6.18. The standard InChI is InChI=1S/C16H14N2O/c1-11-7-8-13-15(9-11)18-16(19)10-14(17-13)12-5-3-2-4-6-12/h2-10,17H,1H3,(H,18,19). The fraction of sp³-hybridized carbons (Fsp3) is 0.0625. The maximum absolute atomic E-state index is 11.9. The predicted molar refractivity (Wildman–Crippen MR) is 77.9 cm³/mol. The maximum Gasteiger partial charge on any atom is 0.250 e. The van der Waals surface area contributed by atoms with E-state index >= 15 is 0 Å². The van der Waals surface area contributed by atoms with E-state index in [-0.39, 0.29) is 5.91 Å².